The van der Waals surface area contributed by atoms with Crippen LogP contribution in [0.25, 0.3) is 0 Å². The Kier molecular flexibility index (Phi) is 15.5. The van der Waals surface area contributed by atoms with Crippen LogP contribution in [0.4, 0.5) is 0 Å². The van der Waals surface area contributed by atoms with Gasteiger partial charge in [-0.3, -0.25) is 14.6 Å². The summed E-state index contributed by atoms with van der Waals surface area (Å²) in [6.45, 7) is -0.561. The van der Waals surface area contributed by atoms with Gasteiger partial charge in [0, 0.05) is 0 Å². The van der Waals surface area contributed by atoms with Crippen molar-refractivity contribution in [1.29, 1.82) is 0 Å². The Balaban J connectivity index is -0.0000000833. The summed E-state index contributed by atoms with van der Waals surface area (Å²) in [5.41, 5.74) is 0. The molecule has 0 fully saturated rings. The molecule has 0 rings (SSSR count). The van der Waals surface area contributed by atoms with Crippen LogP contribution in [0.15, 0.2) is 0 Å². The Bertz CT molecular complexity index is 182. The van der Waals surface area contributed by atoms with Crippen LogP contribution in [0.5, 0.6) is 0 Å². The molecule has 0 heterocycles. The van der Waals surface area contributed by atoms with E-state index in [4.69, 9.17) is 15.0 Å². The van der Waals surface area contributed by atoms with Gasteiger partial charge in [0.25, 0.3) is 0 Å². The van der Waals surface area contributed by atoms with Crippen LogP contribution in [0.1, 0.15) is 2.85 Å². The number of rotatable bonds is 5. The summed E-state index contributed by atoms with van der Waals surface area (Å²) >= 11 is 0. The third kappa shape index (κ3) is 16.2. The van der Waals surface area contributed by atoms with Gasteiger partial charge >= 0.3 is 66.7 Å². The average molecular weight is 233 g/mol. The van der Waals surface area contributed by atoms with E-state index in [0.717, 1.165) is 0 Å². The first kappa shape index (κ1) is 20.0. The van der Waals surface area contributed by atoms with Gasteiger partial charge in [-0.05, 0) is 0 Å². The van der Waals surface area contributed by atoms with E-state index in [1.54, 1.807) is 0 Å². The van der Waals surface area contributed by atoms with Crippen molar-refractivity contribution in [3.8, 4) is 0 Å². The van der Waals surface area contributed by atoms with Crippen LogP contribution in [0, 0.1) is 0 Å². The van der Waals surface area contributed by atoms with Crippen molar-refractivity contribution in [2.75, 3.05) is 13.1 Å². The van der Waals surface area contributed by atoms with Gasteiger partial charge in [-0.1, -0.05) is 0 Å². The molecule has 0 atom stereocenters. The number of nitrogens with zero attached hydrogens (tertiary/aromatic N) is 1. The quantitative estimate of drug-likeness (QED) is 0.109. The Morgan fingerprint density at radius 3 is 2.23 bits per heavy atom. The molecule has 1 amide bonds. The molecular formula is C3H10NNa2O6P. The number of carbonyl (C=O) groups excluding carboxylic acids is 1. The molecule has 0 aromatic carbocycles. The van der Waals surface area contributed by atoms with E-state index in [1.165, 1.54) is 0 Å². The number of ether oxygens (including phenoxy) is 1. The number of amides is 1. The molecule has 7 nitrogen and oxygen atoms in total. The van der Waals surface area contributed by atoms with Crippen molar-refractivity contribution in [3.05, 3.63) is 0 Å². The minimum absolute atomic E-state index is 0. The third-order valence-electron chi connectivity index (χ3n) is 0.605. The summed E-state index contributed by atoms with van der Waals surface area (Å²) in [6.07, 6.45) is -0.766. The molecule has 70 valence electrons. The summed E-state index contributed by atoms with van der Waals surface area (Å²) in [4.78, 5) is 26.1. The van der Waals surface area contributed by atoms with Crippen LogP contribution in [0.2, 0.25) is 0 Å². The fourth-order valence-electron chi connectivity index (χ4n) is 0.284. The maximum absolute atomic E-state index is 10.1. The molecule has 0 unspecified atom stereocenters. The first-order chi connectivity index (χ1) is 4.95. The number of hydrogen-bond acceptors (Lipinski definition) is 4. The minimum Gasteiger partial charge on any atom is -1.00 e. The van der Waals surface area contributed by atoms with Gasteiger partial charge < -0.3 is 17.4 Å². The second-order valence-electron chi connectivity index (χ2n) is 1.67. The van der Waals surface area contributed by atoms with Gasteiger partial charge in [-0.25, -0.2) is 5.06 Å². The molecule has 10 heteroatoms. The number of hydroxylamine groups is 2. The van der Waals surface area contributed by atoms with Gasteiger partial charge in [0.05, 0.1) is 0 Å². The molecule has 0 saturated heterocycles. The SMILES string of the molecule is O=CN(O)COCP(=O)(O)O.[H-].[H-].[Na+].[Na+]. The van der Waals surface area contributed by atoms with Crippen molar-refractivity contribution >= 4 is 14.0 Å². The molecule has 0 spiro atoms. The topological polar surface area (TPSA) is 107 Å². The first-order valence-corrected chi connectivity index (χ1v) is 4.28. The monoisotopic (exact) mass is 233 g/mol. The summed E-state index contributed by atoms with van der Waals surface area (Å²) in [5.74, 6) is 0. The number of carbonyl (C=O) groups is 1. The Morgan fingerprint density at radius 2 is 1.92 bits per heavy atom. The van der Waals surface area contributed by atoms with Crippen LogP contribution < -0.4 is 59.1 Å². The largest absolute Gasteiger partial charge is 1.00 e. The molecular weight excluding hydrogens is 223 g/mol. The van der Waals surface area contributed by atoms with E-state index < -0.39 is 20.7 Å². The van der Waals surface area contributed by atoms with Gasteiger partial charge in [0.2, 0.25) is 6.41 Å². The fraction of sp³-hybridized carbons (Fsp3) is 0.667. The molecule has 0 aliphatic carbocycles. The van der Waals surface area contributed by atoms with E-state index in [2.05, 4.69) is 4.74 Å². The molecule has 0 radical (unpaired) electrons. The van der Waals surface area contributed by atoms with Crippen molar-refractivity contribution in [1.82, 2.24) is 5.06 Å². The van der Waals surface area contributed by atoms with Gasteiger partial charge in [0.1, 0.15) is 6.73 Å². The second-order valence-corrected chi connectivity index (χ2v) is 3.26. The normalized spacial score (nSPS) is 9.46. The Hall–Kier alpha value is 1.54. The van der Waals surface area contributed by atoms with E-state index in [0.29, 0.717) is 0 Å². The Labute approximate surface area is 122 Å². The maximum atomic E-state index is 10.1. The predicted molar refractivity (Wildman–Crippen MR) is 34.8 cm³/mol. The van der Waals surface area contributed by atoms with E-state index in [-0.39, 0.29) is 73.4 Å². The zero-order valence-corrected chi connectivity index (χ0v) is 12.3. The summed E-state index contributed by atoms with van der Waals surface area (Å²) < 4.78 is 14.3. The summed E-state index contributed by atoms with van der Waals surface area (Å²) in [6, 6.07) is 0. The smallest absolute Gasteiger partial charge is 1.00 e. The molecule has 0 saturated carbocycles. The first-order valence-electron chi connectivity index (χ1n) is 2.49. The van der Waals surface area contributed by atoms with Crippen molar-refractivity contribution < 1.29 is 91.1 Å². The zero-order chi connectivity index (χ0) is 8.91. The van der Waals surface area contributed by atoms with Gasteiger partial charge in [-0.15, -0.1) is 0 Å². The minimum atomic E-state index is -4.21. The van der Waals surface area contributed by atoms with Crippen LogP contribution in [-0.4, -0.2) is 39.5 Å². The summed E-state index contributed by atoms with van der Waals surface area (Å²) in [7, 11) is -4.21. The van der Waals surface area contributed by atoms with E-state index in [1.807, 2.05) is 0 Å². The summed E-state index contributed by atoms with van der Waals surface area (Å²) in [5, 5.41) is 8.46. The van der Waals surface area contributed by atoms with Crippen molar-refractivity contribution in [3.63, 3.8) is 0 Å². The molecule has 0 aromatic heterocycles. The average Bonchev–Trinajstić information content (AvgIpc) is 1.85. The molecule has 0 aliphatic heterocycles. The zero-order valence-electron chi connectivity index (χ0n) is 9.45. The molecule has 0 aromatic rings. The third-order valence-corrected chi connectivity index (χ3v) is 1.12. The van der Waals surface area contributed by atoms with E-state index >= 15 is 0 Å². The van der Waals surface area contributed by atoms with Crippen molar-refractivity contribution in [2.24, 2.45) is 0 Å². The van der Waals surface area contributed by atoms with Crippen LogP contribution in [0.3, 0.4) is 0 Å². The second kappa shape index (κ2) is 10.1. The van der Waals surface area contributed by atoms with Gasteiger partial charge in [-0.2, -0.15) is 0 Å². The van der Waals surface area contributed by atoms with Crippen LogP contribution >= 0.6 is 7.60 Å². The molecule has 3 N–H and O–H groups in total. The van der Waals surface area contributed by atoms with Crippen LogP contribution in [-0.2, 0) is 14.1 Å². The molecule has 13 heavy (non-hydrogen) atoms. The standard InChI is InChI=1S/C3H8NO6P.2Na.2H/c5-1-4(6)2-10-3-11(7,8)9;;;;/h1,6H,2-3H2,(H2,7,8,9);;;;/q;2*+1;2*-1. The fourth-order valence-corrected chi connectivity index (χ4v) is 0.603. The van der Waals surface area contributed by atoms with Crippen molar-refractivity contribution in [2.45, 2.75) is 0 Å². The molecule has 0 aliphatic rings. The van der Waals surface area contributed by atoms with Gasteiger partial charge in [0.15, 0.2) is 6.35 Å². The maximum Gasteiger partial charge on any atom is 1.00 e. The number of hydrogen-bond donors (Lipinski definition) is 3. The Morgan fingerprint density at radius 1 is 1.46 bits per heavy atom. The van der Waals surface area contributed by atoms with E-state index in [9.17, 15) is 9.36 Å². The predicted octanol–water partition coefficient (Wildman–Crippen LogP) is -6.82. The molecule has 0 bridgehead atoms.